The van der Waals surface area contributed by atoms with Crippen LogP contribution in [0.25, 0.3) is 10.8 Å². The van der Waals surface area contributed by atoms with Crippen molar-refractivity contribution in [3.05, 3.63) is 48.0 Å². The highest BCUT2D eigenvalue weighted by molar-refractivity contribution is 5.96. The van der Waals surface area contributed by atoms with Crippen molar-refractivity contribution < 1.29 is 14.9 Å². The molecule has 114 valence electrons. The predicted octanol–water partition coefficient (Wildman–Crippen LogP) is 1.02. The second kappa shape index (κ2) is 6.15. The summed E-state index contributed by atoms with van der Waals surface area (Å²) in [5.74, 6) is -0.137. The molecule has 3 amide bonds. The van der Waals surface area contributed by atoms with Crippen molar-refractivity contribution in [2.24, 2.45) is 0 Å². The molecule has 3 N–H and O–H groups in total. The normalized spacial score (nSPS) is 15.9. The average molecular weight is 298 g/mol. The Hall–Kier alpha value is -2.40. The molecule has 0 saturated carbocycles. The van der Waals surface area contributed by atoms with Crippen LogP contribution in [-0.2, 0) is 4.79 Å². The van der Waals surface area contributed by atoms with E-state index in [0.29, 0.717) is 13.1 Å². The largest absolute Gasteiger partial charge is 0.336 e. The fourth-order valence-corrected chi connectivity index (χ4v) is 2.87. The number of nitrogens with two attached hydrogens (primary N) is 1. The van der Waals surface area contributed by atoms with E-state index in [1.807, 2.05) is 23.5 Å². The van der Waals surface area contributed by atoms with Gasteiger partial charge in [-0.2, -0.15) is 0 Å². The first-order chi connectivity index (χ1) is 10.7. The quantitative estimate of drug-likeness (QED) is 0.885. The number of amides is 3. The lowest BCUT2D eigenvalue weighted by atomic mass is 10.00. The van der Waals surface area contributed by atoms with Crippen molar-refractivity contribution in [1.82, 2.24) is 10.2 Å². The van der Waals surface area contributed by atoms with Crippen LogP contribution in [0.4, 0.5) is 4.79 Å². The van der Waals surface area contributed by atoms with Gasteiger partial charge in [-0.3, -0.25) is 9.69 Å². The Labute approximate surface area is 129 Å². The Morgan fingerprint density at radius 1 is 1.27 bits per heavy atom. The number of nitrogens with zero attached hydrogens (tertiary/aromatic N) is 1. The molecule has 1 aliphatic rings. The number of carbonyl (C=O) groups is 2. The van der Waals surface area contributed by atoms with Gasteiger partial charge in [0.05, 0.1) is 0 Å². The third kappa shape index (κ3) is 2.80. The Morgan fingerprint density at radius 3 is 2.82 bits per heavy atom. The van der Waals surface area contributed by atoms with Gasteiger partial charge in [0.2, 0.25) is 0 Å². The molecule has 1 atom stereocenters. The zero-order valence-corrected chi connectivity index (χ0v) is 12.6. The van der Waals surface area contributed by atoms with Crippen LogP contribution in [0.3, 0.4) is 0 Å². The maximum atomic E-state index is 12.1. The molecule has 22 heavy (non-hydrogen) atoms. The molecule has 5 heteroatoms. The topological polar surface area (TPSA) is 66.0 Å². The van der Waals surface area contributed by atoms with Crippen LogP contribution in [0.5, 0.6) is 0 Å². The fourth-order valence-electron chi connectivity index (χ4n) is 2.87. The summed E-state index contributed by atoms with van der Waals surface area (Å²) in [6.07, 6.45) is 0. The molecule has 0 bridgehead atoms. The van der Waals surface area contributed by atoms with E-state index in [9.17, 15) is 9.59 Å². The van der Waals surface area contributed by atoms with Crippen molar-refractivity contribution >= 4 is 22.7 Å². The Morgan fingerprint density at radius 2 is 2.05 bits per heavy atom. The maximum absolute atomic E-state index is 12.1. The number of nitrogens with one attached hydrogen (secondary N) is 1. The summed E-state index contributed by atoms with van der Waals surface area (Å²) in [5, 5.41) is 7.04. The van der Waals surface area contributed by atoms with Crippen molar-refractivity contribution in [1.29, 1.82) is 0 Å². The molecule has 1 fully saturated rings. The number of imide groups is 1. The Bertz CT molecular complexity index is 709. The van der Waals surface area contributed by atoms with E-state index in [0.717, 1.165) is 0 Å². The molecule has 1 aliphatic heterocycles. The van der Waals surface area contributed by atoms with Gasteiger partial charge in [-0.25, -0.2) is 4.79 Å². The minimum Gasteiger partial charge on any atom is -0.336 e. The predicted molar refractivity (Wildman–Crippen MR) is 84.3 cm³/mol. The van der Waals surface area contributed by atoms with E-state index < -0.39 is 0 Å². The number of rotatable bonds is 4. The second-order valence-electron chi connectivity index (χ2n) is 5.57. The molecule has 2 aromatic rings. The van der Waals surface area contributed by atoms with Crippen LogP contribution in [0.15, 0.2) is 42.5 Å². The first kappa shape index (κ1) is 14.5. The van der Waals surface area contributed by atoms with Crippen molar-refractivity contribution in [2.45, 2.75) is 13.0 Å². The monoisotopic (exact) mass is 298 g/mol. The van der Waals surface area contributed by atoms with Crippen molar-refractivity contribution in [3.63, 3.8) is 0 Å². The maximum Gasteiger partial charge on any atom is 0.324 e. The smallest absolute Gasteiger partial charge is 0.324 e. The summed E-state index contributed by atoms with van der Waals surface area (Å²) in [7, 11) is 0. The van der Waals surface area contributed by atoms with Gasteiger partial charge in [0.1, 0.15) is 6.04 Å². The summed E-state index contributed by atoms with van der Waals surface area (Å²) < 4.78 is 0. The van der Waals surface area contributed by atoms with Gasteiger partial charge in [-0.15, -0.1) is 0 Å². The lowest BCUT2D eigenvalue weighted by molar-refractivity contribution is -0.682. The molecule has 2 aromatic carbocycles. The van der Waals surface area contributed by atoms with Crippen LogP contribution in [-0.4, -0.2) is 36.5 Å². The van der Waals surface area contributed by atoms with E-state index in [1.165, 1.54) is 21.2 Å². The van der Waals surface area contributed by atoms with Gasteiger partial charge < -0.3 is 10.6 Å². The molecule has 0 radical (unpaired) electrons. The third-order valence-corrected chi connectivity index (χ3v) is 4.12. The highest BCUT2D eigenvalue weighted by Crippen LogP contribution is 2.21. The van der Waals surface area contributed by atoms with Crippen LogP contribution in [0, 0.1) is 0 Å². The lowest BCUT2D eigenvalue weighted by Gasteiger charge is -2.16. The lowest BCUT2D eigenvalue weighted by Crippen LogP contribution is -2.87. The SMILES string of the molecule is C[C@H]([NH2+]CC(=O)N1CCNC1=O)c1cccc2ccccc12. The van der Waals surface area contributed by atoms with Gasteiger partial charge >= 0.3 is 6.03 Å². The zero-order chi connectivity index (χ0) is 15.5. The molecule has 5 nitrogen and oxygen atoms in total. The minimum absolute atomic E-state index is 0.137. The van der Waals surface area contributed by atoms with Crippen LogP contribution in [0.2, 0.25) is 0 Å². The zero-order valence-electron chi connectivity index (χ0n) is 12.6. The van der Waals surface area contributed by atoms with Gasteiger partial charge in [-0.05, 0) is 17.7 Å². The van der Waals surface area contributed by atoms with E-state index in [1.54, 1.807) is 0 Å². The summed E-state index contributed by atoms with van der Waals surface area (Å²) in [5.41, 5.74) is 1.21. The summed E-state index contributed by atoms with van der Waals surface area (Å²) in [6, 6.07) is 14.3. The summed E-state index contributed by atoms with van der Waals surface area (Å²) in [6.45, 7) is 3.37. The molecule has 1 saturated heterocycles. The van der Waals surface area contributed by atoms with Gasteiger partial charge in [0.25, 0.3) is 5.91 Å². The average Bonchev–Trinajstić information content (AvgIpc) is 2.98. The number of quaternary nitrogens is 1. The number of fused-ring (bicyclic) bond motifs is 1. The standard InChI is InChI=1S/C17H19N3O2/c1-12(19-11-16(21)20-10-9-18-17(20)22)14-8-4-6-13-5-2-3-7-15(13)14/h2-8,12,19H,9-11H2,1H3,(H,18,22)/p+1/t12-/m0/s1. The first-order valence-corrected chi connectivity index (χ1v) is 7.56. The van der Waals surface area contributed by atoms with Gasteiger partial charge in [-0.1, -0.05) is 42.5 Å². The molecule has 3 rings (SSSR count). The molecule has 1 heterocycles. The summed E-state index contributed by atoms with van der Waals surface area (Å²) in [4.78, 5) is 24.9. The highest BCUT2D eigenvalue weighted by Gasteiger charge is 2.27. The number of hydrogen-bond acceptors (Lipinski definition) is 2. The molecule has 0 aliphatic carbocycles. The number of urea groups is 1. The summed E-state index contributed by atoms with van der Waals surface area (Å²) >= 11 is 0. The molecule has 0 aromatic heterocycles. The van der Waals surface area contributed by atoms with Crippen LogP contribution >= 0.6 is 0 Å². The van der Waals surface area contributed by atoms with E-state index in [4.69, 9.17) is 0 Å². The van der Waals surface area contributed by atoms with Crippen LogP contribution < -0.4 is 10.6 Å². The second-order valence-corrected chi connectivity index (χ2v) is 5.57. The molecule has 0 unspecified atom stereocenters. The fraction of sp³-hybridized carbons (Fsp3) is 0.294. The van der Waals surface area contributed by atoms with E-state index >= 15 is 0 Å². The number of carbonyl (C=O) groups excluding carboxylic acids is 2. The molecular formula is C17H20N3O2+. The number of hydrogen-bond donors (Lipinski definition) is 2. The van der Waals surface area contributed by atoms with E-state index in [-0.39, 0.29) is 24.5 Å². The Balaban J connectivity index is 1.70. The molecule has 0 spiro atoms. The third-order valence-electron chi connectivity index (χ3n) is 4.12. The van der Waals surface area contributed by atoms with Gasteiger partial charge in [0, 0.05) is 18.7 Å². The van der Waals surface area contributed by atoms with Crippen molar-refractivity contribution in [2.75, 3.05) is 19.6 Å². The Kier molecular flexibility index (Phi) is 4.06. The molecular weight excluding hydrogens is 278 g/mol. The number of benzene rings is 2. The van der Waals surface area contributed by atoms with Crippen LogP contribution in [0.1, 0.15) is 18.5 Å². The van der Waals surface area contributed by atoms with Crippen molar-refractivity contribution in [3.8, 4) is 0 Å². The minimum atomic E-state index is -0.281. The first-order valence-electron chi connectivity index (χ1n) is 7.56. The van der Waals surface area contributed by atoms with Gasteiger partial charge in [0.15, 0.2) is 6.54 Å². The van der Waals surface area contributed by atoms with E-state index in [2.05, 4.69) is 36.5 Å². The highest BCUT2D eigenvalue weighted by atomic mass is 16.2.